The zero-order valence-electron chi connectivity index (χ0n) is 47.1. The molecule has 0 radical (unpaired) electrons. The number of carbonyl (C=O) groups excluding carboxylic acids is 1. The van der Waals surface area contributed by atoms with E-state index in [0.717, 1.165) is 32.1 Å². The number of nitrogens with zero attached hydrogens (tertiary/aromatic N) is 1. The second-order valence-corrected chi connectivity index (χ2v) is 23.9. The van der Waals surface area contributed by atoms with Crippen LogP contribution in [0.25, 0.3) is 0 Å². The number of nitrogens with one attached hydrogen (secondary N) is 1. The van der Waals surface area contributed by atoms with Gasteiger partial charge in [-0.05, 0) is 19.3 Å². The van der Waals surface area contributed by atoms with Crippen LogP contribution in [-0.4, -0.2) is 73.4 Å². The minimum atomic E-state index is -4.34. The van der Waals surface area contributed by atoms with Gasteiger partial charge in [0, 0.05) is 6.42 Å². The van der Waals surface area contributed by atoms with Gasteiger partial charge in [0.25, 0.3) is 0 Å². The summed E-state index contributed by atoms with van der Waals surface area (Å²) >= 11 is 0. The Morgan fingerprint density at radius 2 is 0.768 bits per heavy atom. The van der Waals surface area contributed by atoms with E-state index in [-0.39, 0.29) is 19.1 Å². The first kappa shape index (κ1) is 68.2. The smallest absolute Gasteiger partial charge is 0.387 e. The Kier molecular flexibility index (Phi) is 51.5. The quantitative estimate of drug-likeness (QED) is 0.0243. The fourth-order valence-corrected chi connectivity index (χ4v) is 10.2. The van der Waals surface area contributed by atoms with Crippen LogP contribution in [0.5, 0.6) is 0 Å². The zero-order chi connectivity index (χ0) is 50.6. The van der Waals surface area contributed by atoms with Crippen LogP contribution >= 0.6 is 7.82 Å². The van der Waals surface area contributed by atoms with Crippen molar-refractivity contribution in [1.82, 2.24) is 5.32 Å². The van der Waals surface area contributed by atoms with E-state index in [1.807, 2.05) is 27.2 Å². The summed E-state index contributed by atoms with van der Waals surface area (Å²) in [6.45, 7) is 4.86. The molecule has 1 amide bonds. The predicted molar refractivity (Wildman–Crippen MR) is 300 cm³/mol. The van der Waals surface area contributed by atoms with Crippen LogP contribution < -0.4 is 5.32 Å². The number of carbonyl (C=O) groups is 1. The average molecular weight is 999 g/mol. The minimum Gasteiger partial charge on any atom is -0.387 e. The third-order valence-corrected chi connectivity index (χ3v) is 15.2. The fourth-order valence-electron chi connectivity index (χ4n) is 9.46. The highest BCUT2D eigenvalue weighted by Crippen LogP contribution is 2.43. The number of amides is 1. The second-order valence-electron chi connectivity index (χ2n) is 22.4. The van der Waals surface area contributed by atoms with Crippen molar-refractivity contribution in [3.8, 4) is 0 Å². The van der Waals surface area contributed by atoms with E-state index in [1.165, 1.54) is 263 Å². The molecule has 0 aliphatic heterocycles. The van der Waals surface area contributed by atoms with Gasteiger partial charge in [-0.2, -0.15) is 0 Å². The van der Waals surface area contributed by atoms with Crippen LogP contribution in [0.4, 0.5) is 0 Å². The van der Waals surface area contributed by atoms with Crippen LogP contribution in [0.2, 0.25) is 0 Å². The van der Waals surface area contributed by atoms with Gasteiger partial charge in [-0.25, -0.2) is 4.57 Å². The van der Waals surface area contributed by atoms with Crippen LogP contribution in [-0.2, 0) is 18.4 Å². The molecule has 0 rings (SSSR count). The number of likely N-dealkylation sites (N-methyl/N-ethyl adjacent to an activating group) is 1. The van der Waals surface area contributed by atoms with Crippen molar-refractivity contribution >= 4 is 13.7 Å². The lowest BCUT2D eigenvalue weighted by Gasteiger charge is -2.25. The Balaban J connectivity index is 3.99. The lowest BCUT2D eigenvalue weighted by molar-refractivity contribution is -0.870. The van der Waals surface area contributed by atoms with Crippen LogP contribution in [0.1, 0.15) is 316 Å². The fraction of sp³-hybridized carbons (Fsp3) is 0.950. The number of rotatable bonds is 57. The van der Waals surface area contributed by atoms with Gasteiger partial charge in [0.1, 0.15) is 13.2 Å². The lowest BCUT2D eigenvalue weighted by atomic mass is 10.0. The molecular weight excluding hydrogens is 876 g/mol. The number of hydrogen-bond donors (Lipinski definition) is 3. The van der Waals surface area contributed by atoms with E-state index in [4.69, 9.17) is 9.05 Å². The number of aliphatic hydroxyl groups is 1. The largest absolute Gasteiger partial charge is 0.472 e. The Morgan fingerprint density at radius 1 is 0.478 bits per heavy atom. The third-order valence-electron chi connectivity index (χ3n) is 14.3. The van der Waals surface area contributed by atoms with Gasteiger partial charge in [0.2, 0.25) is 5.91 Å². The summed E-state index contributed by atoms with van der Waals surface area (Å²) in [4.78, 5) is 23.3. The summed E-state index contributed by atoms with van der Waals surface area (Å²) in [7, 11) is 1.59. The maximum absolute atomic E-state index is 13.0. The summed E-state index contributed by atoms with van der Waals surface area (Å²) in [5.74, 6) is -0.170. The first-order valence-electron chi connectivity index (χ1n) is 30.6. The van der Waals surface area contributed by atoms with E-state index in [0.29, 0.717) is 17.4 Å². The minimum absolute atomic E-state index is 0.0651. The van der Waals surface area contributed by atoms with Crippen molar-refractivity contribution in [1.29, 1.82) is 0 Å². The number of phosphoric ester groups is 1. The summed E-state index contributed by atoms with van der Waals surface area (Å²) < 4.78 is 23.7. The van der Waals surface area contributed by atoms with Gasteiger partial charge in [0.15, 0.2) is 0 Å². The Morgan fingerprint density at radius 3 is 1.07 bits per heavy atom. The summed E-state index contributed by atoms with van der Waals surface area (Å²) in [6, 6.07) is -0.841. The van der Waals surface area contributed by atoms with Crippen molar-refractivity contribution in [3.63, 3.8) is 0 Å². The molecule has 0 saturated carbocycles. The van der Waals surface area contributed by atoms with Crippen molar-refractivity contribution in [2.24, 2.45) is 0 Å². The molecule has 0 aromatic rings. The molecule has 8 nitrogen and oxygen atoms in total. The molecule has 0 bridgehead atoms. The third kappa shape index (κ3) is 54.8. The van der Waals surface area contributed by atoms with Gasteiger partial charge in [0.05, 0.1) is 39.9 Å². The maximum atomic E-state index is 13.0. The summed E-state index contributed by atoms with van der Waals surface area (Å²) in [6.07, 6.45) is 64.8. The molecule has 0 aliphatic carbocycles. The van der Waals surface area contributed by atoms with Crippen molar-refractivity contribution < 1.29 is 32.9 Å². The van der Waals surface area contributed by atoms with E-state index in [9.17, 15) is 19.4 Å². The molecule has 0 aromatic heterocycles. The number of unbranched alkanes of at least 4 members (excludes halogenated alkanes) is 44. The molecule has 0 aliphatic rings. The monoisotopic (exact) mass is 998 g/mol. The van der Waals surface area contributed by atoms with Crippen molar-refractivity contribution in [2.75, 3.05) is 40.9 Å². The number of aliphatic hydroxyl groups excluding tert-OH is 1. The molecule has 0 aromatic carbocycles. The van der Waals surface area contributed by atoms with Gasteiger partial charge in [-0.15, -0.1) is 0 Å². The number of quaternary nitrogens is 1. The van der Waals surface area contributed by atoms with E-state index < -0.39 is 20.0 Å². The van der Waals surface area contributed by atoms with Gasteiger partial charge in [-0.3, -0.25) is 13.8 Å². The molecular formula is C60H122N2O6P+. The molecule has 69 heavy (non-hydrogen) atoms. The SMILES string of the molecule is CCCCCCCCCCCCCCC/C=C/C(O)C(COP(=O)(O)OCC[N+](C)(C)C)NC(=O)CCCCCCCCCCCCCCCCCCCCCCCCCCCCCCCCCC. The van der Waals surface area contributed by atoms with Crippen molar-refractivity contribution in [2.45, 2.75) is 328 Å². The average Bonchev–Trinajstić information content (AvgIpc) is 3.31. The zero-order valence-corrected chi connectivity index (χ0v) is 48.0. The molecule has 9 heteroatoms. The van der Waals surface area contributed by atoms with Gasteiger partial charge < -0.3 is 19.8 Å². The molecule has 412 valence electrons. The van der Waals surface area contributed by atoms with Gasteiger partial charge in [-0.1, -0.05) is 302 Å². The summed E-state index contributed by atoms with van der Waals surface area (Å²) in [5, 5.41) is 13.9. The van der Waals surface area contributed by atoms with Crippen LogP contribution in [0.15, 0.2) is 12.2 Å². The highest BCUT2D eigenvalue weighted by Gasteiger charge is 2.27. The van der Waals surface area contributed by atoms with E-state index in [1.54, 1.807) is 6.08 Å². The Bertz CT molecular complexity index is 1130. The lowest BCUT2D eigenvalue weighted by Crippen LogP contribution is -2.45. The highest BCUT2D eigenvalue weighted by molar-refractivity contribution is 7.47. The Labute approximate surface area is 431 Å². The van der Waals surface area contributed by atoms with Crippen LogP contribution in [0, 0.1) is 0 Å². The summed E-state index contributed by atoms with van der Waals surface area (Å²) in [5.41, 5.74) is 0. The molecule has 3 unspecified atom stereocenters. The molecule has 3 N–H and O–H groups in total. The number of phosphoric acid groups is 1. The van der Waals surface area contributed by atoms with Crippen molar-refractivity contribution in [3.05, 3.63) is 12.2 Å². The van der Waals surface area contributed by atoms with Crippen LogP contribution in [0.3, 0.4) is 0 Å². The molecule has 0 saturated heterocycles. The molecule has 0 spiro atoms. The van der Waals surface area contributed by atoms with E-state index >= 15 is 0 Å². The highest BCUT2D eigenvalue weighted by atomic mass is 31.2. The Hall–Kier alpha value is -0.760. The first-order valence-corrected chi connectivity index (χ1v) is 32.1. The van der Waals surface area contributed by atoms with Gasteiger partial charge >= 0.3 is 7.82 Å². The normalized spacial score (nSPS) is 13.9. The van der Waals surface area contributed by atoms with E-state index in [2.05, 4.69) is 19.2 Å². The standard InChI is InChI=1S/C60H121N2O6P/c1-6-8-10-12-14-16-18-20-22-23-24-25-26-27-28-29-30-31-32-33-34-35-36-37-38-40-42-44-46-48-50-52-54-60(64)61-58(57-68-69(65,66)67-56-55-62(3,4)5)59(63)53-51-49-47-45-43-41-39-21-19-17-15-13-11-9-7-2/h51,53,58-59,63H,6-50,52,54-57H2,1-5H3,(H-,61,64,65,66)/p+1/b53-51+. The topological polar surface area (TPSA) is 105 Å². The molecule has 0 fully saturated rings. The maximum Gasteiger partial charge on any atom is 0.472 e. The number of allylic oxidation sites excluding steroid dienone is 1. The number of hydrogen-bond acceptors (Lipinski definition) is 5. The molecule has 3 atom stereocenters. The predicted octanol–water partition coefficient (Wildman–Crippen LogP) is 18.6. The molecule has 0 heterocycles. The first-order chi connectivity index (χ1) is 33.5. The second kappa shape index (κ2) is 52.1.